The second-order valence-electron chi connectivity index (χ2n) is 8.28. The van der Waals surface area contributed by atoms with Gasteiger partial charge in [0, 0.05) is 0 Å². The maximum absolute atomic E-state index is 4.06. The Hall–Kier alpha value is 0.170. The average Bonchev–Trinajstić information content (AvgIpc) is 2.62. The van der Waals surface area contributed by atoms with E-state index in [4.69, 9.17) is 0 Å². The quantitative estimate of drug-likeness (QED) is 0.121. The van der Waals surface area contributed by atoms with Gasteiger partial charge in [-0.15, -0.1) is 15.8 Å². The molecule has 2 atom stereocenters. The Morgan fingerprint density at radius 3 is 1.60 bits per heavy atom. The Balaban J connectivity index is 4.19. The summed E-state index contributed by atoms with van der Waals surface area (Å²) in [5, 5.41) is 0.459. The van der Waals surface area contributed by atoms with Crippen LogP contribution in [0.3, 0.4) is 0 Å². The Morgan fingerprint density at radius 2 is 1.16 bits per heavy atom. The third-order valence-electron chi connectivity index (χ3n) is 5.91. The number of unbranched alkanes of at least 4 members (excludes halogenated alkanes) is 10. The van der Waals surface area contributed by atoms with Crippen LogP contribution in [0.2, 0.25) is 0 Å². The predicted octanol–water partition coefficient (Wildman–Crippen LogP) is 9.09. The molecule has 0 rings (SSSR count). The zero-order chi connectivity index (χ0) is 18.8. The number of hydrogen-bond acceptors (Lipinski definition) is 0. The van der Waals surface area contributed by atoms with Crippen LogP contribution in [0.1, 0.15) is 130 Å². The molecule has 0 radical (unpaired) electrons. The fraction of sp³-hybridized carbons (Fsp3) is 0.917. The third kappa shape index (κ3) is 13.1. The lowest BCUT2D eigenvalue weighted by Crippen LogP contribution is -2.31. The first kappa shape index (κ1) is 25.2. The molecule has 0 heterocycles. The minimum absolute atomic E-state index is 0.459. The first-order valence-electron chi connectivity index (χ1n) is 11.5. The largest absolute Gasteiger partial charge is 0.131 e. The van der Waals surface area contributed by atoms with Crippen molar-refractivity contribution in [1.82, 2.24) is 0 Å². The molecule has 0 saturated heterocycles. The van der Waals surface area contributed by atoms with Crippen molar-refractivity contribution >= 4 is 9.24 Å². The summed E-state index contributed by atoms with van der Waals surface area (Å²) in [5.74, 6) is 0.817. The van der Waals surface area contributed by atoms with E-state index in [1.165, 1.54) is 109 Å². The van der Waals surface area contributed by atoms with Crippen molar-refractivity contribution in [2.75, 3.05) is 0 Å². The van der Waals surface area contributed by atoms with Crippen molar-refractivity contribution in [3.63, 3.8) is 0 Å². The maximum Gasteiger partial charge on any atom is -0.0119 e. The molecule has 0 saturated carbocycles. The monoisotopic (exact) mass is 368 g/mol. The van der Waals surface area contributed by atoms with E-state index in [9.17, 15) is 0 Å². The van der Waals surface area contributed by atoms with E-state index >= 15 is 0 Å². The molecule has 0 spiro atoms. The predicted molar refractivity (Wildman–Crippen MR) is 122 cm³/mol. The molecular formula is C24H49P. The van der Waals surface area contributed by atoms with Gasteiger partial charge in [-0.25, -0.2) is 0 Å². The first-order chi connectivity index (χ1) is 12.1. The van der Waals surface area contributed by atoms with E-state index in [0.29, 0.717) is 5.16 Å². The molecule has 150 valence electrons. The molecular weight excluding hydrogens is 319 g/mol. The normalized spacial score (nSPS) is 13.1. The molecule has 0 bridgehead atoms. The highest BCUT2D eigenvalue weighted by molar-refractivity contribution is 7.19. The topological polar surface area (TPSA) is 0 Å². The molecule has 0 fully saturated rings. The summed E-state index contributed by atoms with van der Waals surface area (Å²) in [5.41, 5.74) is 0. The van der Waals surface area contributed by atoms with Crippen LogP contribution in [-0.2, 0) is 0 Å². The first-order valence-corrected chi connectivity index (χ1v) is 12.1. The minimum atomic E-state index is 0.459. The van der Waals surface area contributed by atoms with E-state index in [-0.39, 0.29) is 0 Å². The highest BCUT2D eigenvalue weighted by Gasteiger charge is 2.31. The van der Waals surface area contributed by atoms with Gasteiger partial charge in [0.1, 0.15) is 0 Å². The van der Waals surface area contributed by atoms with Gasteiger partial charge < -0.3 is 0 Å². The van der Waals surface area contributed by atoms with Gasteiger partial charge in [-0.2, -0.15) is 0 Å². The molecule has 0 aromatic carbocycles. The average molecular weight is 369 g/mol. The van der Waals surface area contributed by atoms with Crippen molar-refractivity contribution in [3.8, 4) is 0 Å². The van der Waals surface area contributed by atoms with Gasteiger partial charge in [0.15, 0.2) is 0 Å². The van der Waals surface area contributed by atoms with Crippen molar-refractivity contribution in [1.29, 1.82) is 0 Å². The zero-order valence-electron chi connectivity index (χ0n) is 18.0. The van der Waals surface area contributed by atoms with Crippen molar-refractivity contribution < 1.29 is 0 Å². The lowest BCUT2D eigenvalue weighted by atomic mass is 9.78. The zero-order valence-corrected chi connectivity index (χ0v) is 19.1. The summed E-state index contributed by atoms with van der Waals surface area (Å²) in [6, 6.07) is 0. The Morgan fingerprint density at radius 1 is 0.720 bits per heavy atom. The molecule has 2 unspecified atom stereocenters. The van der Waals surface area contributed by atoms with Crippen LogP contribution in [0.5, 0.6) is 0 Å². The molecule has 0 aliphatic rings. The van der Waals surface area contributed by atoms with Crippen LogP contribution in [-0.4, -0.2) is 5.16 Å². The highest BCUT2D eigenvalue weighted by atomic mass is 31.0. The van der Waals surface area contributed by atoms with Gasteiger partial charge in [0.25, 0.3) is 0 Å². The lowest BCUT2D eigenvalue weighted by molar-refractivity contribution is 0.297. The molecule has 0 N–H and O–H groups in total. The van der Waals surface area contributed by atoms with Gasteiger partial charge in [-0.1, -0.05) is 110 Å². The highest BCUT2D eigenvalue weighted by Crippen LogP contribution is 2.43. The van der Waals surface area contributed by atoms with Gasteiger partial charge in [0.2, 0.25) is 0 Å². The van der Waals surface area contributed by atoms with Gasteiger partial charge in [-0.05, 0) is 36.8 Å². The third-order valence-corrected chi connectivity index (χ3v) is 6.96. The Kier molecular flexibility index (Phi) is 17.7. The van der Waals surface area contributed by atoms with Crippen molar-refractivity contribution in [2.45, 2.75) is 135 Å². The summed E-state index contributed by atoms with van der Waals surface area (Å²) >= 11 is 0. The smallest absolute Gasteiger partial charge is 0.0119 e. The van der Waals surface area contributed by atoms with Crippen LogP contribution >= 0.6 is 9.24 Å². The van der Waals surface area contributed by atoms with E-state index in [1.54, 1.807) is 0 Å². The van der Waals surface area contributed by atoms with Crippen molar-refractivity contribution in [3.05, 3.63) is 12.7 Å². The fourth-order valence-corrected chi connectivity index (χ4v) is 4.80. The summed E-state index contributed by atoms with van der Waals surface area (Å²) in [4.78, 5) is 0. The van der Waals surface area contributed by atoms with E-state index in [0.717, 1.165) is 5.92 Å². The molecule has 0 aliphatic heterocycles. The van der Waals surface area contributed by atoms with E-state index in [1.807, 2.05) is 0 Å². The minimum Gasteiger partial charge on any atom is -0.131 e. The summed E-state index contributed by atoms with van der Waals surface area (Å²) in [6.07, 6.45) is 25.8. The standard InChI is InChI=1S/C24H49P/c1-5-9-12-13-14-15-16-17-18-20-23(19-8-4)24(25,21-10-6-2)22-11-7-3/h8,23H,4-7,9-22,25H2,1-3H3. The second kappa shape index (κ2) is 17.6. The second-order valence-corrected chi connectivity index (χ2v) is 9.43. The summed E-state index contributed by atoms with van der Waals surface area (Å²) in [6.45, 7) is 11.0. The number of hydrogen-bond donors (Lipinski definition) is 0. The molecule has 0 aliphatic carbocycles. The van der Waals surface area contributed by atoms with Gasteiger partial charge in [-0.3, -0.25) is 0 Å². The number of allylic oxidation sites excluding steroid dienone is 1. The fourth-order valence-electron chi connectivity index (χ4n) is 4.09. The number of rotatable bonds is 19. The van der Waals surface area contributed by atoms with Crippen LogP contribution < -0.4 is 0 Å². The lowest BCUT2D eigenvalue weighted by Gasteiger charge is -2.38. The van der Waals surface area contributed by atoms with Crippen LogP contribution in [0.4, 0.5) is 0 Å². The maximum atomic E-state index is 4.06. The molecule has 0 aromatic heterocycles. The van der Waals surface area contributed by atoms with Crippen LogP contribution in [0, 0.1) is 5.92 Å². The van der Waals surface area contributed by atoms with Crippen molar-refractivity contribution in [2.24, 2.45) is 5.92 Å². The van der Waals surface area contributed by atoms with Crippen LogP contribution in [0.25, 0.3) is 0 Å². The molecule has 1 heteroatoms. The molecule has 0 amide bonds. The van der Waals surface area contributed by atoms with Crippen LogP contribution in [0.15, 0.2) is 12.7 Å². The molecule has 25 heavy (non-hydrogen) atoms. The molecule has 0 nitrogen and oxygen atoms in total. The van der Waals surface area contributed by atoms with Gasteiger partial charge >= 0.3 is 0 Å². The van der Waals surface area contributed by atoms with E-state index in [2.05, 4.69) is 42.7 Å². The van der Waals surface area contributed by atoms with E-state index < -0.39 is 0 Å². The Labute approximate surface area is 163 Å². The SMILES string of the molecule is C=CCC(CCCCCCCCCCC)C(P)(CCCC)CCCC. The summed E-state index contributed by atoms with van der Waals surface area (Å²) < 4.78 is 0. The Bertz CT molecular complexity index is 276. The molecule has 0 aromatic rings. The van der Waals surface area contributed by atoms with Gasteiger partial charge in [0.05, 0.1) is 0 Å². The summed E-state index contributed by atoms with van der Waals surface area (Å²) in [7, 11) is 3.31.